The third-order valence-electron chi connectivity index (χ3n) is 5.22. The highest BCUT2D eigenvalue weighted by atomic mass is 32.1. The van der Waals surface area contributed by atoms with Crippen LogP contribution in [-0.2, 0) is 17.6 Å². The maximum absolute atomic E-state index is 15.2. The van der Waals surface area contributed by atoms with E-state index in [-0.39, 0.29) is 36.4 Å². The Kier molecular flexibility index (Phi) is 4.98. The van der Waals surface area contributed by atoms with Crippen molar-refractivity contribution in [3.05, 3.63) is 47.1 Å². The minimum atomic E-state index is -0.755. The first-order chi connectivity index (χ1) is 15.9. The molecule has 1 aliphatic carbocycles. The highest BCUT2D eigenvalue weighted by Gasteiger charge is 2.44. The van der Waals surface area contributed by atoms with E-state index in [9.17, 15) is 9.59 Å². The van der Waals surface area contributed by atoms with Gasteiger partial charge in [-0.2, -0.15) is 10.4 Å². The molecule has 166 valence electrons. The number of rotatable bonds is 6. The molecule has 10 nitrogen and oxygen atoms in total. The Hall–Kier alpha value is -3.98. The van der Waals surface area contributed by atoms with Gasteiger partial charge in [0.05, 0.1) is 28.9 Å². The summed E-state index contributed by atoms with van der Waals surface area (Å²) >= 11 is 1.16. The Morgan fingerprint density at radius 2 is 2.12 bits per heavy atom. The molecule has 1 fully saturated rings. The van der Waals surface area contributed by atoms with Gasteiger partial charge in [0.15, 0.2) is 5.82 Å². The Balaban J connectivity index is 1.32. The summed E-state index contributed by atoms with van der Waals surface area (Å²) < 4.78 is 22.2. The van der Waals surface area contributed by atoms with E-state index in [1.165, 1.54) is 19.3 Å². The van der Waals surface area contributed by atoms with E-state index in [1.807, 2.05) is 0 Å². The fourth-order valence-corrected chi connectivity index (χ4v) is 4.33. The predicted octanol–water partition coefficient (Wildman–Crippen LogP) is 2.65. The summed E-state index contributed by atoms with van der Waals surface area (Å²) in [5.74, 6) is -0.688. The molecule has 1 aromatic carbocycles. The van der Waals surface area contributed by atoms with Crippen LogP contribution in [0, 0.1) is 17.1 Å². The van der Waals surface area contributed by atoms with Crippen LogP contribution in [0.5, 0.6) is 0 Å². The van der Waals surface area contributed by atoms with Gasteiger partial charge in [0.2, 0.25) is 23.6 Å². The maximum atomic E-state index is 15.2. The highest BCUT2D eigenvalue weighted by molar-refractivity contribution is 7.18. The van der Waals surface area contributed by atoms with E-state index in [0.717, 1.165) is 16.0 Å². The van der Waals surface area contributed by atoms with E-state index >= 15 is 4.39 Å². The highest BCUT2D eigenvalue weighted by Crippen LogP contribution is 2.34. The van der Waals surface area contributed by atoms with Crippen LogP contribution >= 0.6 is 11.3 Å². The van der Waals surface area contributed by atoms with Gasteiger partial charge in [-0.05, 0) is 25.0 Å². The molecule has 1 amide bonds. The van der Waals surface area contributed by atoms with Crippen molar-refractivity contribution in [2.24, 2.45) is 0 Å². The molecule has 1 aliphatic rings. The molecule has 1 N–H and O–H groups in total. The second kappa shape index (κ2) is 7.86. The van der Waals surface area contributed by atoms with Gasteiger partial charge in [-0.1, -0.05) is 0 Å². The molecule has 33 heavy (non-hydrogen) atoms. The van der Waals surface area contributed by atoms with Gasteiger partial charge in [-0.25, -0.2) is 14.1 Å². The number of benzene rings is 1. The number of carbonyl (C=O) groups excluding carboxylic acids is 2. The van der Waals surface area contributed by atoms with Gasteiger partial charge in [0.25, 0.3) is 0 Å². The minimum absolute atomic E-state index is 0.123. The summed E-state index contributed by atoms with van der Waals surface area (Å²) in [5.41, 5.74) is 0.542. The molecule has 0 unspecified atom stereocenters. The first kappa shape index (κ1) is 20.9. The number of aromatic nitrogens is 5. The van der Waals surface area contributed by atoms with Crippen LogP contribution in [0.2, 0.25) is 0 Å². The molecule has 0 bridgehead atoms. The van der Waals surface area contributed by atoms with Gasteiger partial charge in [-0.15, -0.1) is 21.5 Å². The van der Waals surface area contributed by atoms with Crippen LogP contribution in [0.15, 0.2) is 28.9 Å². The Morgan fingerprint density at radius 1 is 1.33 bits per heavy atom. The molecule has 5 rings (SSSR count). The molecule has 0 radical (unpaired) electrons. The molecule has 3 aromatic heterocycles. The Morgan fingerprint density at radius 3 is 2.82 bits per heavy atom. The van der Waals surface area contributed by atoms with Gasteiger partial charge >= 0.3 is 0 Å². The SMILES string of the molecule is CC(=O)n1cc(-c2ccc3nc(Cc4nnc(CC(=O)NC5(C#N)CC5)o4)sc3c2F)cn1. The number of amides is 1. The number of fused-ring (bicyclic) bond motifs is 1. The molecule has 12 heteroatoms. The lowest BCUT2D eigenvalue weighted by atomic mass is 10.1. The number of thiazole rings is 1. The number of nitriles is 1. The van der Waals surface area contributed by atoms with Crippen LogP contribution in [-0.4, -0.2) is 42.3 Å². The lowest BCUT2D eigenvalue weighted by Crippen LogP contribution is -2.36. The van der Waals surface area contributed by atoms with Gasteiger partial charge in [0.1, 0.15) is 17.0 Å². The Labute approximate surface area is 190 Å². The summed E-state index contributed by atoms with van der Waals surface area (Å²) in [4.78, 5) is 28.0. The summed E-state index contributed by atoms with van der Waals surface area (Å²) in [5, 5.41) is 24.1. The third kappa shape index (κ3) is 4.10. The largest absolute Gasteiger partial charge is 0.424 e. The third-order valence-corrected chi connectivity index (χ3v) is 6.29. The zero-order valence-electron chi connectivity index (χ0n) is 17.3. The van der Waals surface area contributed by atoms with Crippen molar-refractivity contribution in [2.75, 3.05) is 0 Å². The summed E-state index contributed by atoms with van der Waals surface area (Å²) in [6.45, 7) is 1.37. The molecule has 0 atom stereocenters. The standard InChI is InChI=1S/C21H16FN7O3S/c1-11(30)29-9-12(8-24-29)13-2-3-14-20(19(13)22)33-18(25-14)7-17-28-27-16(32-17)6-15(31)26-21(10-23)4-5-21/h2-3,8-9H,4-7H2,1H3,(H,26,31). The fourth-order valence-electron chi connectivity index (χ4n) is 3.34. The quantitative estimate of drug-likeness (QED) is 0.458. The monoisotopic (exact) mass is 465 g/mol. The van der Waals surface area contributed by atoms with Gasteiger partial charge < -0.3 is 9.73 Å². The maximum Gasteiger partial charge on any atom is 0.243 e. The minimum Gasteiger partial charge on any atom is -0.424 e. The van der Waals surface area contributed by atoms with Crippen molar-refractivity contribution in [3.63, 3.8) is 0 Å². The fraction of sp³-hybridized carbons (Fsp3) is 0.286. The zero-order valence-corrected chi connectivity index (χ0v) is 18.1. The molecule has 0 spiro atoms. The molecule has 3 heterocycles. The number of nitrogens with one attached hydrogen (secondary N) is 1. The second-order valence-electron chi connectivity index (χ2n) is 7.76. The first-order valence-corrected chi connectivity index (χ1v) is 10.8. The molecule has 4 aromatic rings. The van der Waals surface area contributed by atoms with Crippen LogP contribution in [0.25, 0.3) is 21.3 Å². The lowest BCUT2D eigenvalue weighted by molar-refractivity contribution is -0.121. The summed E-state index contributed by atoms with van der Waals surface area (Å²) in [6, 6.07) is 5.39. The summed E-state index contributed by atoms with van der Waals surface area (Å²) in [6.07, 6.45) is 4.26. The molecule has 0 saturated heterocycles. The number of hydrogen-bond acceptors (Lipinski definition) is 9. The second-order valence-corrected chi connectivity index (χ2v) is 8.84. The van der Waals surface area contributed by atoms with Crippen molar-refractivity contribution < 1.29 is 18.4 Å². The normalized spacial score (nSPS) is 14.2. The van der Waals surface area contributed by atoms with E-state index in [4.69, 9.17) is 9.68 Å². The average Bonchev–Trinajstić information content (AvgIpc) is 3.16. The van der Waals surface area contributed by atoms with Crippen LogP contribution in [0.3, 0.4) is 0 Å². The number of hydrogen-bond donors (Lipinski definition) is 1. The van der Waals surface area contributed by atoms with Crippen molar-refractivity contribution >= 4 is 33.4 Å². The van der Waals surface area contributed by atoms with Crippen molar-refractivity contribution in [3.8, 4) is 17.2 Å². The van der Waals surface area contributed by atoms with E-state index in [2.05, 4.69) is 31.7 Å². The van der Waals surface area contributed by atoms with E-state index < -0.39 is 11.4 Å². The average molecular weight is 465 g/mol. The van der Waals surface area contributed by atoms with Crippen molar-refractivity contribution in [1.29, 1.82) is 5.26 Å². The lowest BCUT2D eigenvalue weighted by Gasteiger charge is -2.06. The van der Waals surface area contributed by atoms with Crippen molar-refractivity contribution in [2.45, 2.75) is 38.1 Å². The molecule has 0 aliphatic heterocycles. The van der Waals surface area contributed by atoms with Crippen LogP contribution in [0.4, 0.5) is 4.39 Å². The summed E-state index contributed by atoms with van der Waals surface area (Å²) in [7, 11) is 0. The van der Waals surface area contributed by atoms with Gasteiger partial charge in [-0.3, -0.25) is 9.59 Å². The van der Waals surface area contributed by atoms with Crippen LogP contribution in [0.1, 0.15) is 41.3 Å². The Bertz CT molecular complexity index is 1440. The first-order valence-electron chi connectivity index (χ1n) is 10.0. The predicted molar refractivity (Wildman–Crippen MR) is 114 cm³/mol. The molecular weight excluding hydrogens is 449 g/mol. The molecule has 1 saturated carbocycles. The number of nitrogens with zero attached hydrogens (tertiary/aromatic N) is 6. The molecular formula is C21H16FN7O3S. The van der Waals surface area contributed by atoms with Crippen LogP contribution < -0.4 is 5.32 Å². The number of carbonyl (C=O) groups is 2. The van der Waals surface area contributed by atoms with E-state index in [0.29, 0.717) is 39.2 Å². The van der Waals surface area contributed by atoms with E-state index in [1.54, 1.807) is 12.1 Å². The topological polar surface area (TPSA) is 140 Å². The number of halogens is 1. The smallest absolute Gasteiger partial charge is 0.243 e. The van der Waals surface area contributed by atoms with Crippen molar-refractivity contribution in [1.82, 2.24) is 30.3 Å². The zero-order chi connectivity index (χ0) is 23.2. The van der Waals surface area contributed by atoms with Gasteiger partial charge in [0, 0.05) is 24.2 Å².